The molecular weight excluding hydrogens is 260 g/mol. The number of fused-ring (bicyclic) bond motifs is 1. The highest BCUT2D eigenvalue weighted by molar-refractivity contribution is 6.16. The van der Waals surface area contributed by atoms with Crippen LogP contribution in [0.1, 0.15) is 44.1 Å². The van der Waals surface area contributed by atoms with E-state index in [4.69, 9.17) is 11.6 Å². The third-order valence-electron chi connectivity index (χ3n) is 3.99. The maximum absolute atomic E-state index is 6.05. The SMILES string of the molecule is CCn1nc(C)c2nc(CCl)n(CCCC3CC3)c21. The predicted molar refractivity (Wildman–Crippen MR) is 77.4 cm³/mol. The van der Waals surface area contributed by atoms with Gasteiger partial charge in [-0.05, 0) is 32.6 Å². The molecule has 1 aliphatic rings. The van der Waals surface area contributed by atoms with Crippen molar-refractivity contribution in [3.63, 3.8) is 0 Å². The lowest BCUT2D eigenvalue weighted by Gasteiger charge is -2.08. The zero-order valence-corrected chi connectivity index (χ0v) is 12.4. The Kier molecular flexibility index (Phi) is 3.52. The van der Waals surface area contributed by atoms with Crippen LogP contribution in [0.3, 0.4) is 0 Å². The minimum absolute atomic E-state index is 0.473. The molecule has 19 heavy (non-hydrogen) atoms. The van der Waals surface area contributed by atoms with E-state index in [9.17, 15) is 0 Å². The Morgan fingerprint density at radius 2 is 2.16 bits per heavy atom. The predicted octanol–water partition coefficient (Wildman–Crippen LogP) is 3.49. The zero-order chi connectivity index (χ0) is 13.4. The van der Waals surface area contributed by atoms with Crippen LogP contribution < -0.4 is 0 Å². The van der Waals surface area contributed by atoms with Crippen molar-refractivity contribution in [1.29, 1.82) is 0 Å². The van der Waals surface area contributed by atoms with Crippen molar-refractivity contribution in [2.75, 3.05) is 0 Å². The van der Waals surface area contributed by atoms with E-state index in [2.05, 4.69) is 21.6 Å². The van der Waals surface area contributed by atoms with Crippen molar-refractivity contribution < 1.29 is 0 Å². The van der Waals surface area contributed by atoms with Gasteiger partial charge in [-0.2, -0.15) is 5.10 Å². The van der Waals surface area contributed by atoms with Crippen molar-refractivity contribution >= 4 is 22.8 Å². The van der Waals surface area contributed by atoms with E-state index in [0.29, 0.717) is 5.88 Å². The number of aryl methyl sites for hydroxylation is 3. The molecule has 4 nitrogen and oxygen atoms in total. The lowest BCUT2D eigenvalue weighted by Crippen LogP contribution is -2.08. The molecule has 1 fully saturated rings. The van der Waals surface area contributed by atoms with Crippen LogP contribution in [0.2, 0.25) is 0 Å². The Bertz CT molecular complexity index is 580. The molecule has 1 saturated carbocycles. The van der Waals surface area contributed by atoms with Gasteiger partial charge in [-0.25, -0.2) is 9.67 Å². The minimum Gasteiger partial charge on any atom is -0.312 e. The molecule has 1 aliphatic carbocycles. The normalized spacial score (nSPS) is 15.5. The molecule has 3 rings (SSSR count). The number of nitrogens with zero attached hydrogens (tertiary/aromatic N) is 4. The van der Waals surface area contributed by atoms with E-state index < -0.39 is 0 Å². The second-order valence-electron chi connectivity index (χ2n) is 5.47. The molecule has 0 aromatic carbocycles. The number of aromatic nitrogens is 4. The number of halogens is 1. The summed E-state index contributed by atoms with van der Waals surface area (Å²) in [4.78, 5) is 4.66. The number of rotatable bonds is 6. The molecule has 0 bridgehead atoms. The zero-order valence-electron chi connectivity index (χ0n) is 11.7. The molecule has 0 spiro atoms. The van der Waals surface area contributed by atoms with E-state index >= 15 is 0 Å². The fraction of sp³-hybridized carbons (Fsp3) is 0.714. The highest BCUT2D eigenvalue weighted by Gasteiger charge is 2.22. The molecule has 2 heterocycles. The molecule has 0 aliphatic heterocycles. The van der Waals surface area contributed by atoms with Crippen LogP contribution in [-0.2, 0) is 19.0 Å². The van der Waals surface area contributed by atoms with Crippen LogP contribution in [0, 0.1) is 12.8 Å². The average molecular weight is 281 g/mol. The van der Waals surface area contributed by atoms with Gasteiger partial charge in [0.25, 0.3) is 0 Å². The average Bonchev–Trinajstić information content (AvgIpc) is 3.08. The summed E-state index contributed by atoms with van der Waals surface area (Å²) < 4.78 is 4.32. The van der Waals surface area contributed by atoms with Gasteiger partial charge >= 0.3 is 0 Å². The summed E-state index contributed by atoms with van der Waals surface area (Å²) in [5, 5.41) is 4.55. The van der Waals surface area contributed by atoms with Gasteiger partial charge < -0.3 is 4.57 Å². The van der Waals surface area contributed by atoms with Crippen molar-refractivity contribution in [1.82, 2.24) is 19.3 Å². The van der Waals surface area contributed by atoms with Crippen LogP contribution in [0.25, 0.3) is 11.2 Å². The fourth-order valence-corrected chi connectivity index (χ4v) is 2.98. The Morgan fingerprint density at radius 1 is 1.37 bits per heavy atom. The number of imidazole rings is 1. The second-order valence-corrected chi connectivity index (χ2v) is 5.74. The summed E-state index contributed by atoms with van der Waals surface area (Å²) in [6.45, 7) is 6.03. The molecule has 0 radical (unpaired) electrons. The smallest absolute Gasteiger partial charge is 0.158 e. The van der Waals surface area contributed by atoms with Crippen LogP contribution >= 0.6 is 11.6 Å². The van der Waals surface area contributed by atoms with Gasteiger partial charge in [0.15, 0.2) is 5.65 Å². The number of hydrogen-bond donors (Lipinski definition) is 0. The monoisotopic (exact) mass is 280 g/mol. The molecule has 0 unspecified atom stereocenters. The first-order valence-corrected chi connectivity index (χ1v) is 7.76. The van der Waals surface area contributed by atoms with E-state index in [1.165, 1.54) is 25.7 Å². The highest BCUT2D eigenvalue weighted by atomic mass is 35.5. The summed E-state index contributed by atoms with van der Waals surface area (Å²) in [6, 6.07) is 0. The van der Waals surface area contributed by atoms with Crippen molar-refractivity contribution in [2.24, 2.45) is 5.92 Å². The van der Waals surface area contributed by atoms with Crippen LogP contribution in [-0.4, -0.2) is 19.3 Å². The largest absolute Gasteiger partial charge is 0.312 e. The van der Waals surface area contributed by atoms with E-state index in [0.717, 1.165) is 41.7 Å². The molecule has 104 valence electrons. The third kappa shape index (κ3) is 2.38. The Hall–Kier alpha value is -1.03. The lowest BCUT2D eigenvalue weighted by molar-refractivity contribution is 0.557. The van der Waals surface area contributed by atoms with Crippen molar-refractivity contribution in [2.45, 2.75) is 58.5 Å². The standard InChI is InChI=1S/C14H21ClN4/c1-3-19-14-13(10(2)17-19)16-12(9-15)18(14)8-4-5-11-6-7-11/h11H,3-9H2,1-2H3. The fourth-order valence-electron chi connectivity index (χ4n) is 2.77. The summed E-state index contributed by atoms with van der Waals surface area (Å²) in [7, 11) is 0. The van der Waals surface area contributed by atoms with Gasteiger partial charge in [-0.1, -0.05) is 12.8 Å². The molecule has 5 heteroatoms. The second kappa shape index (κ2) is 5.16. The first kappa shape index (κ1) is 13.0. The molecule has 2 aromatic heterocycles. The van der Waals surface area contributed by atoms with E-state index in [-0.39, 0.29) is 0 Å². The van der Waals surface area contributed by atoms with Crippen LogP contribution in [0.4, 0.5) is 0 Å². The molecule has 0 N–H and O–H groups in total. The van der Waals surface area contributed by atoms with Crippen LogP contribution in [0.5, 0.6) is 0 Å². The van der Waals surface area contributed by atoms with Gasteiger partial charge in [0.2, 0.25) is 0 Å². The highest BCUT2D eigenvalue weighted by Crippen LogP contribution is 2.34. The van der Waals surface area contributed by atoms with Gasteiger partial charge in [0, 0.05) is 13.1 Å². The van der Waals surface area contributed by atoms with Gasteiger partial charge in [-0.15, -0.1) is 11.6 Å². The summed E-state index contributed by atoms with van der Waals surface area (Å²) in [5.74, 6) is 2.44. The summed E-state index contributed by atoms with van der Waals surface area (Å²) >= 11 is 6.05. The van der Waals surface area contributed by atoms with Gasteiger partial charge in [0.05, 0.1) is 11.6 Å². The van der Waals surface area contributed by atoms with Crippen molar-refractivity contribution in [3.8, 4) is 0 Å². The van der Waals surface area contributed by atoms with Gasteiger partial charge in [0.1, 0.15) is 11.3 Å². The molecule has 2 aromatic rings. The maximum atomic E-state index is 6.05. The molecule has 0 saturated heterocycles. The Balaban J connectivity index is 1.93. The van der Waals surface area contributed by atoms with E-state index in [1.807, 2.05) is 11.6 Å². The van der Waals surface area contributed by atoms with Gasteiger partial charge in [-0.3, -0.25) is 0 Å². The first-order chi connectivity index (χ1) is 9.24. The summed E-state index contributed by atoms with van der Waals surface area (Å²) in [5.41, 5.74) is 3.17. The van der Waals surface area contributed by atoms with E-state index in [1.54, 1.807) is 0 Å². The number of alkyl halides is 1. The minimum atomic E-state index is 0.473. The molecule has 0 atom stereocenters. The Labute approximate surface area is 118 Å². The van der Waals surface area contributed by atoms with Crippen LogP contribution in [0.15, 0.2) is 0 Å². The maximum Gasteiger partial charge on any atom is 0.158 e. The third-order valence-corrected chi connectivity index (χ3v) is 4.23. The number of hydrogen-bond acceptors (Lipinski definition) is 2. The molecular formula is C14H21ClN4. The summed E-state index contributed by atoms with van der Waals surface area (Å²) in [6.07, 6.45) is 5.40. The quantitative estimate of drug-likeness (QED) is 0.760. The Morgan fingerprint density at radius 3 is 2.79 bits per heavy atom. The lowest BCUT2D eigenvalue weighted by atomic mass is 10.2. The molecule has 0 amide bonds. The van der Waals surface area contributed by atoms with Crippen molar-refractivity contribution in [3.05, 3.63) is 11.5 Å². The first-order valence-electron chi connectivity index (χ1n) is 7.23. The topological polar surface area (TPSA) is 35.6 Å².